The van der Waals surface area contributed by atoms with Crippen molar-refractivity contribution in [3.63, 3.8) is 0 Å². The smallest absolute Gasteiger partial charge is 0.269 e. The van der Waals surface area contributed by atoms with E-state index in [0.29, 0.717) is 17.3 Å². The Kier molecular flexibility index (Phi) is 4.27. The number of fused-ring (bicyclic) bond motifs is 1. The lowest BCUT2D eigenvalue weighted by Crippen LogP contribution is -2.40. The molecule has 3 aromatic rings. The molecule has 1 fully saturated rings. The maximum absolute atomic E-state index is 11.9. The molecule has 0 spiro atoms. The minimum Gasteiger partial charge on any atom is -0.364 e. The largest absolute Gasteiger partial charge is 0.364 e. The number of amides is 1. The van der Waals surface area contributed by atoms with Crippen LogP contribution in [-0.4, -0.2) is 45.6 Å². The molecule has 3 aromatic heterocycles. The van der Waals surface area contributed by atoms with E-state index in [0.717, 1.165) is 36.4 Å². The van der Waals surface area contributed by atoms with Crippen LogP contribution in [0.15, 0.2) is 24.7 Å². The summed E-state index contributed by atoms with van der Waals surface area (Å²) >= 11 is 0. The van der Waals surface area contributed by atoms with Crippen LogP contribution in [0.2, 0.25) is 0 Å². The summed E-state index contributed by atoms with van der Waals surface area (Å²) in [4.78, 5) is 27.3. The lowest BCUT2D eigenvalue weighted by atomic mass is 9.96. The first-order valence-corrected chi connectivity index (χ1v) is 9.04. The zero-order chi connectivity index (χ0) is 19.1. The molecule has 3 N–H and O–H groups in total. The number of carbonyl (C=O) groups excluding carboxylic acids is 1. The van der Waals surface area contributed by atoms with E-state index in [4.69, 9.17) is 5.73 Å². The van der Waals surface area contributed by atoms with Gasteiger partial charge in [0.1, 0.15) is 11.3 Å². The lowest BCUT2D eigenvalue weighted by molar-refractivity contribution is 0.0997. The summed E-state index contributed by atoms with van der Waals surface area (Å²) in [6.07, 6.45) is 4.43. The number of primary amides is 1. The number of aromatic nitrogens is 4. The van der Waals surface area contributed by atoms with Gasteiger partial charge in [-0.05, 0) is 18.1 Å². The summed E-state index contributed by atoms with van der Waals surface area (Å²) in [5.41, 5.74) is 10.3. The van der Waals surface area contributed by atoms with Crippen molar-refractivity contribution >= 4 is 28.4 Å². The van der Waals surface area contributed by atoms with Crippen molar-refractivity contribution in [2.45, 2.75) is 19.3 Å². The molecule has 4 rings (SSSR count). The maximum Gasteiger partial charge on any atom is 0.269 e. The van der Waals surface area contributed by atoms with Crippen molar-refractivity contribution < 1.29 is 4.79 Å². The molecule has 1 saturated heterocycles. The van der Waals surface area contributed by atoms with Crippen LogP contribution in [0.1, 0.15) is 34.6 Å². The van der Waals surface area contributed by atoms with Gasteiger partial charge >= 0.3 is 0 Å². The molecule has 140 valence electrons. The number of imidazole rings is 1. The highest BCUT2D eigenvalue weighted by Gasteiger charge is 2.23. The van der Waals surface area contributed by atoms with Gasteiger partial charge < -0.3 is 20.5 Å². The van der Waals surface area contributed by atoms with E-state index in [2.05, 4.69) is 33.3 Å². The minimum atomic E-state index is -0.587. The van der Waals surface area contributed by atoms with Crippen molar-refractivity contribution in [1.29, 1.82) is 0 Å². The van der Waals surface area contributed by atoms with Crippen LogP contribution in [0.5, 0.6) is 0 Å². The van der Waals surface area contributed by atoms with Crippen LogP contribution in [0.3, 0.4) is 0 Å². The van der Waals surface area contributed by atoms with Gasteiger partial charge in [-0.25, -0.2) is 9.97 Å². The summed E-state index contributed by atoms with van der Waals surface area (Å²) < 4.78 is 1.85. The quantitative estimate of drug-likeness (QED) is 0.710. The first-order valence-electron chi connectivity index (χ1n) is 9.04. The second kappa shape index (κ2) is 6.62. The highest BCUT2D eigenvalue weighted by atomic mass is 16.1. The third-order valence-corrected chi connectivity index (χ3v) is 5.21. The van der Waals surface area contributed by atoms with Gasteiger partial charge in [-0.1, -0.05) is 6.92 Å². The van der Waals surface area contributed by atoms with Crippen LogP contribution < -0.4 is 16.0 Å². The van der Waals surface area contributed by atoms with Crippen LogP contribution in [0.25, 0.3) is 11.0 Å². The Labute approximate surface area is 157 Å². The molecular formula is C19H23N7O. The lowest BCUT2D eigenvalue weighted by Gasteiger charge is -2.28. The number of anilines is 2. The van der Waals surface area contributed by atoms with Crippen LogP contribution in [0.4, 0.5) is 11.5 Å². The molecule has 0 radical (unpaired) electrons. The predicted octanol–water partition coefficient (Wildman–Crippen LogP) is 1.48. The number of hydrogen-bond donors (Lipinski definition) is 2. The number of carbonyl (C=O) groups is 1. The second-order valence-corrected chi connectivity index (χ2v) is 6.92. The van der Waals surface area contributed by atoms with Gasteiger partial charge in [0.25, 0.3) is 5.91 Å². The van der Waals surface area contributed by atoms with Gasteiger partial charge in [-0.3, -0.25) is 9.78 Å². The summed E-state index contributed by atoms with van der Waals surface area (Å²) in [7, 11) is 3.81. The Morgan fingerprint density at radius 1 is 1.37 bits per heavy atom. The predicted molar refractivity (Wildman–Crippen MR) is 104 cm³/mol. The van der Waals surface area contributed by atoms with E-state index < -0.39 is 5.91 Å². The van der Waals surface area contributed by atoms with Gasteiger partial charge in [0, 0.05) is 44.9 Å². The molecule has 0 saturated carbocycles. The Balaban J connectivity index is 1.79. The van der Waals surface area contributed by atoms with Crippen LogP contribution in [0, 0.1) is 0 Å². The molecule has 27 heavy (non-hydrogen) atoms. The number of pyridine rings is 2. The zero-order valence-electron chi connectivity index (χ0n) is 15.7. The number of aryl methyl sites for hydroxylation is 2. The molecule has 0 bridgehead atoms. The Hall–Kier alpha value is -3.00. The molecule has 0 atom stereocenters. The van der Waals surface area contributed by atoms with E-state index in [-0.39, 0.29) is 5.69 Å². The number of nitrogens with one attached hydrogen (secondary N) is 1. The highest BCUT2D eigenvalue weighted by molar-refractivity contribution is 6.03. The van der Waals surface area contributed by atoms with Crippen LogP contribution >= 0.6 is 0 Å². The van der Waals surface area contributed by atoms with Crippen molar-refractivity contribution in [3.05, 3.63) is 41.6 Å². The summed E-state index contributed by atoms with van der Waals surface area (Å²) in [5.74, 6) is 0.533. The molecule has 4 heterocycles. The van der Waals surface area contributed by atoms with E-state index >= 15 is 0 Å². The first kappa shape index (κ1) is 17.4. The fraction of sp³-hybridized carbons (Fsp3) is 0.368. The van der Waals surface area contributed by atoms with Crippen molar-refractivity contribution in [2.24, 2.45) is 12.8 Å². The maximum atomic E-state index is 11.9. The Bertz CT molecular complexity index is 1020. The standard InChI is InChI=1S/C19H23N7O/c1-4-11-5-13(12-7-21-8-12)22-9-15(11)26(3)16-6-14-17(23-10-25(14)2)18(24-16)19(20)27/h5-6,9-10,12,21H,4,7-8H2,1-3H3,(H2,20,27). The van der Waals surface area contributed by atoms with Crippen molar-refractivity contribution in [1.82, 2.24) is 24.8 Å². The van der Waals surface area contributed by atoms with Gasteiger partial charge in [0.2, 0.25) is 0 Å². The third-order valence-electron chi connectivity index (χ3n) is 5.21. The summed E-state index contributed by atoms with van der Waals surface area (Å²) in [6.45, 7) is 4.08. The normalized spacial score (nSPS) is 14.3. The minimum absolute atomic E-state index is 0.179. The van der Waals surface area contributed by atoms with E-state index in [9.17, 15) is 4.79 Å². The number of hydrogen-bond acceptors (Lipinski definition) is 6. The van der Waals surface area contributed by atoms with Crippen molar-refractivity contribution in [3.8, 4) is 0 Å². The molecular weight excluding hydrogens is 342 g/mol. The van der Waals surface area contributed by atoms with Gasteiger partial charge in [-0.15, -0.1) is 0 Å². The average Bonchev–Trinajstić information content (AvgIpc) is 2.99. The fourth-order valence-electron chi connectivity index (χ4n) is 3.40. The first-order chi connectivity index (χ1) is 13.0. The summed E-state index contributed by atoms with van der Waals surface area (Å²) in [6, 6.07) is 4.09. The average molecular weight is 365 g/mol. The molecule has 1 aliphatic heterocycles. The SMILES string of the molecule is CCc1cc(C2CNC2)ncc1N(C)c1cc2c(ncn2C)c(C(N)=O)n1. The molecule has 0 aromatic carbocycles. The molecule has 1 amide bonds. The molecule has 0 aliphatic carbocycles. The fourth-order valence-corrected chi connectivity index (χ4v) is 3.40. The molecule has 8 heteroatoms. The number of nitrogens with two attached hydrogens (primary N) is 1. The van der Waals surface area contributed by atoms with E-state index in [1.165, 1.54) is 5.56 Å². The van der Waals surface area contributed by atoms with Gasteiger partial charge in [0.15, 0.2) is 5.69 Å². The molecule has 8 nitrogen and oxygen atoms in total. The van der Waals surface area contributed by atoms with Gasteiger partial charge in [-0.2, -0.15) is 0 Å². The summed E-state index contributed by atoms with van der Waals surface area (Å²) in [5, 5.41) is 3.28. The monoisotopic (exact) mass is 365 g/mol. The van der Waals surface area contributed by atoms with E-state index in [1.807, 2.05) is 35.8 Å². The number of rotatable bonds is 5. The Morgan fingerprint density at radius 2 is 2.15 bits per heavy atom. The number of nitrogens with zero attached hydrogens (tertiary/aromatic N) is 5. The Morgan fingerprint density at radius 3 is 2.78 bits per heavy atom. The van der Waals surface area contributed by atoms with Gasteiger partial charge in [0.05, 0.1) is 23.7 Å². The second-order valence-electron chi connectivity index (χ2n) is 6.92. The molecule has 1 aliphatic rings. The van der Waals surface area contributed by atoms with E-state index in [1.54, 1.807) is 6.33 Å². The highest BCUT2D eigenvalue weighted by Crippen LogP contribution is 2.30. The zero-order valence-corrected chi connectivity index (χ0v) is 15.7. The topological polar surface area (TPSA) is 102 Å². The third kappa shape index (κ3) is 2.91. The molecule has 0 unspecified atom stereocenters. The van der Waals surface area contributed by atoms with Crippen molar-refractivity contribution in [2.75, 3.05) is 25.0 Å². The van der Waals surface area contributed by atoms with Crippen LogP contribution in [-0.2, 0) is 13.5 Å².